The lowest BCUT2D eigenvalue weighted by Gasteiger charge is -2.11. The number of hydrogen-bond donors (Lipinski definition) is 1. The zero-order chi connectivity index (χ0) is 16.1. The number of benzene rings is 2. The number of nitrogens with zero attached hydrogens (tertiary/aromatic N) is 1. The lowest BCUT2D eigenvalue weighted by atomic mass is 10.2. The summed E-state index contributed by atoms with van der Waals surface area (Å²) in [6.45, 7) is 2.83. The summed E-state index contributed by atoms with van der Waals surface area (Å²) < 4.78 is 5.37. The van der Waals surface area contributed by atoms with Crippen LogP contribution < -0.4 is 10.1 Å². The minimum absolute atomic E-state index is 0.0534. The van der Waals surface area contributed by atoms with E-state index >= 15 is 0 Å². The van der Waals surface area contributed by atoms with Crippen LogP contribution in [0.25, 0.3) is 0 Å². The third kappa shape index (κ3) is 4.02. The minimum Gasteiger partial charge on any atom is -0.491 e. The monoisotopic (exact) mass is 340 g/mol. The van der Waals surface area contributed by atoms with Crippen molar-refractivity contribution in [1.29, 1.82) is 0 Å². The van der Waals surface area contributed by atoms with E-state index in [0.717, 1.165) is 11.3 Å². The zero-order valence-corrected chi connectivity index (χ0v) is 13.3. The fourth-order valence-electron chi connectivity index (χ4n) is 1.90. The molecule has 0 saturated carbocycles. The standard InChI is InChI=1S/C15H14Cl2N2O3/c1-2-22-15-13(16)7-10(8-14(15)17)9-18-11-3-5-12(6-4-11)19(20)21/h3-8,18H,2,9H2,1H3. The highest BCUT2D eigenvalue weighted by Gasteiger charge is 2.09. The van der Waals surface area contributed by atoms with Gasteiger partial charge in [0, 0.05) is 24.4 Å². The Labute approximate surface area is 138 Å². The van der Waals surface area contributed by atoms with Crippen LogP contribution in [0, 0.1) is 10.1 Å². The summed E-state index contributed by atoms with van der Waals surface area (Å²) in [5.74, 6) is 0.477. The van der Waals surface area contributed by atoms with Crippen LogP contribution in [0.2, 0.25) is 10.0 Å². The number of rotatable bonds is 6. The molecule has 0 aliphatic heterocycles. The fourth-order valence-corrected chi connectivity index (χ4v) is 2.54. The molecule has 2 rings (SSSR count). The maximum atomic E-state index is 10.6. The highest BCUT2D eigenvalue weighted by molar-refractivity contribution is 6.37. The summed E-state index contributed by atoms with van der Waals surface area (Å²) in [6, 6.07) is 9.74. The topological polar surface area (TPSA) is 64.4 Å². The van der Waals surface area contributed by atoms with E-state index in [1.165, 1.54) is 12.1 Å². The molecule has 0 aromatic heterocycles. The second-order valence-corrected chi connectivity index (χ2v) is 5.29. The molecular weight excluding hydrogens is 327 g/mol. The molecule has 0 atom stereocenters. The third-order valence-electron chi connectivity index (χ3n) is 2.92. The predicted octanol–water partition coefficient (Wildman–Crippen LogP) is 4.91. The van der Waals surface area contributed by atoms with Gasteiger partial charge in [-0.3, -0.25) is 10.1 Å². The van der Waals surface area contributed by atoms with Crippen LogP contribution in [0.15, 0.2) is 36.4 Å². The molecular formula is C15H14Cl2N2O3. The van der Waals surface area contributed by atoms with Gasteiger partial charge < -0.3 is 10.1 Å². The second-order valence-electron chi connectivity index (χ2n) is 4.48. The first kappa shape index (κ1) is 16.4. The van der Waals surface area contributed by atoms with E-state index in [0.29, 0.717) is 28.9 Å². The highest BCUT2D eigenvalue weighted by Crippen LogP contribution is 2.34. The second kappa shape index (κ2) is 7.33. The number of hydrogen-bond acceptors (Lipinski definition) is 4. The van der Waals surface area contributed by atoms with Crippen molar-refractivity contribution in [2.45, 2.75) is 13.5 Å². The number of ether oxygens (including phenoxy) is 1. The molecule has 0 spiro atoms. The maximum Gasteiger partial charge on any atom is 0.269 e. The van der Waals surface area contributed by atoms with Crippen molar-refractivity contribution in [3.63, 3.8) is 0 Å². The Morgan fingerprint density at radius 2 is 1.77 bits per heavy atom. The van der Waals surface area contributed by atoms with Gasteiger partial charge in [-0.15, -0.1) is 0 Å². The van der Waals surface area contributed by atoms with E-state index < -0.39 is 4.92 Å². The van der Waals surface area contributed by atoms with Crippen molar-refractivity contribution in [2.75, 3.05) is 11.9 Å². The quantitative estimate of drug-likeness (QED) is 0.599. The molecule has 0 aliphatic carbocycles. The molecule has 116 valence electrons. The van der Waals surface area contributed by atoms with Crippen LogP contribution >= 0.6 is 23.2 Å². The summed E-state index contributed by atoms with van der Waals surface area (Å²) in [5.41, 5.74) is 1.71. The number of nitro benzene ring substituents is 1. The molecule has 0 radical (unpaired) electrons. The van der Waals surface area contributed by atoms with Gasteiger partial charge >= 0.3 is 0 Å². The van der Waals surface area contributed by atoms with Gasteiger partial charge in [-0.1, -0.05) is 23.2 Å². The van der Waals surface area contributed by atoms with Crippen LogP contribution in [-0.4, -0.2) is 11.5 Å². The average Bonchev–Trinajstić information content (AvgIpc) is 2.49. The van der Waals surface area contributed by atoms with E-state index in [1.807, 2.05) is 6.92 Å². The molecule has 1 N–H and O–H groups in total. The Kier molecular flexibility index (Phi) is 5.46. The molecule has 22 heavy (non-hydrogen) atoms. The molecule has 5 nitrogen and oxygen atoms in total. The molecule has 0 unspecified atom stereocenters. The number of anilines is 1. The van der Waals surface area contributed by atoms with E-state index in [2.05, 4.69) is 5.32 Å². The van der Waals surface area contributed by atoms with Gasteiger partial charge in [0.2, 0.25) is 0 Å². The zero-order valence-electron chi connectivity index (χ0n) is 11.8. The molecule has 2 aromatic carbocycles. The molecule has 0 heterocycles. The Balaban J connectivity index is 2.06. The summed E-state index contributed by atoms with van der Waals surface area (Å²) in [6.07, 6.45) is 0. The summed E-state index contributed by atoms with van der Waals surface area (Å²) in [4.78, 5) is 10.2. The lowest BCUT2D eigenvalue weighted by Crippen LogP contribution is -2.01. The number of halogens is 2. The van der Waals surface area contributed by atoms with Gasteiger partial charge in [0.05, 0.1) is 21.6 Å². The Bertz CT molecular complexity index is 652. The largest absolute Gasteiger partial charge is 0.491 e. The molecule has 0 amide bonds. The summed E-state index contributed by atoms with van der Waals surface area (Å²) in [7, 11) is 0. The van der Waals surface area contributed by atoms with E-state index in [9.17, 15) is 10.1 Å². The van der Waals surface area contributed by atoms with E-state index in [4.69, 9.17) is 27.9 Å². The fraction of sp³-hybridized carbons (Fsp3) is 0.200. The average molecular weight is 341 g/mol. The van der Waals surface area contributed by atoms with Crippen molar-refractivity contribution in [3.8, 4) is 5.75 Å². The first-order valence-corrected chi connectivity index (χ1v) is 7.36. The van der Waals surface area contributed by atoms with Gasteiger partial charge in [-0.05, 0) is 36.8 Å². The Hall–Kier alpha value is -1.98. The molecule has 0 aliphatic rings. The van der Waals surface area contributed by atoms with E-state index in [1.54, 1.807) is 24.3 Å². The number of non-ortho nitro benzene ring substituents is 1. The first-order valence-electron chi connectivity index (χ1n) is 6.60. The van der Waals surface area contributed by atoms with Gasteiger partial charge in [-0.25, -0.2) is 0 Å². The summed E-state index contributed by atoms with van der Waals surface area (Å²) >= 11 is 12.3. The number of nitro groups is 1. The van der Waals surface area contributed by atoms with Crippen LogP contribution in [0.1, 0.15) is 12.5 Å². The minimum atomic E-state index is -0.435. The van der Waals surface area contributed by atoms with Crippen molar-refractivity contribution in [2.24, 2.45) is 0 Å². The lowest BCUT2D eigenvalue weighted by molar-refractivity contribution is -0.384. The van der Waals surface area contributed by atoms with Crippen molar-refractivity contribution in [3.05, 3.63) is 62.1 Å². The molecule has 0 bridgehead atoms. The van der Waals surface area contributed by atoms with E-state index in [-0.39, 0.29) is 5.69 Å². The van der Waals surface area contributed by atoms with Gasteiger partial charge in [0.1, 0.15) is 0 Å². The van der Waals surface area contributed by atoms with Crippen LogP contribution in [0.3, 0.4) is 0 Å². The van der Waals surface area contributed by atoms with Crippen molar-refractivity contribution >= 4 is 34.6 Å². The van der Waals surface area contributed by atoms with Gasteiger partial charge in [-0.2, -0.15) is 0 Å². The predicted molar refractivity (Wildman–Crippen MR) is 88.1 cm³/mol. The molecule has 7 heteroatoms. The maximum absolute atomic E-state index is 10.6. The molecule has 2 aromatic rings. The molecule has 0 saturated heterocycles. The highest BCUT2D eigenvalue weighted by atomic mass is 35.5. The van der Waals surface area contributed by atoms with Crippen molar-refractivity contribution < 1.29 is 9.66 Å². The molecule has 0 fully saturated rings. The number of nitrogens with one attached hydrogen (secondary N) is 1. The third-order valence-corrected chi connectivity index (χ3v) is 3.48. The van der Waals surface area contributed by atoms with Crippen LogP contribution in [0.5, 0.6) is 5.75 Å². The first-order chi connectivity index (χ1) is 10.5. The summed E-state index contributed by atoms with van der Waals surface area (Å²) in [5, 5.41) is 14.7. The van der Waals surface area contributed by atoms with Gasteiger partial charge in [0.25, 0.3) is 5.69 Å². The normalized spacial score (nSPS) is 10.3. The van der Waals surface area contributed by atoms with Crippen molar-refractivity contribution in [1.82, 2.24) is 0 Å². The SMILES string of the molecule is CCOc1c(Cl)cc(CNc2ccc([N+](=O)[O-])cc2)cc1Cl. The van der Waals surface area contributed by atoms with Crippen LogP contribution in [-0.2, 0) is 6.54 Å². The smallest absolute Gasteiger partial charge is 0.269 e. The Morgan fingerprint density at radius 3 is 2.27 bits per heavy atom. The Morgan fingerprint density at radius 1 is 1.18 bits per heavy atom. The van der Waals surface area contributed by atoms with Gasteiger partial charge in [0.15, 0.2) is 5.75 Å². The van der Waals surface area contributed by atoms with Crippen LogP contribution in [0.4, 0.5) is 11.4 Å².